The Hall–Kier alpha value is -3.28. The topological polar surface area (TPSA) is 79.8 Å². The summed E-state index contributed by atoms with van der Waals surface area (Å²) in [4.78, 5) is 25.5. The van der Waals surface area contributed by atoms with E-state index in [4.69, 9.17) is 0 Å². The molecule has 0 atom stereocenters. The first kappa shape index (κ1) is 17.5. The van der Waals surface area contributed by atoms with Gasteiger partial charge in [0.2, 0.25) is 5.95 Å². The van der Waals surface area contributed by atoms with E-state index in [1.165, 1.54) is 0 Å². The third-order valence-electron chi connectivity index (χ3n) is 4.09. The minimum absolute atomic E-state index is 0.259. The number of amides is 1. The third kappa shape index (κ3) is 4.22. The van der Waals surface area contributed by atoms with Crippen LogP contribution in [0.5, 0.6) is 0 Å². The second-order valence-corrected chi connectivity index (χ2v) is 6.09. The van der Waals surface area contributed by atoms with Gasteiger partial charge in [0.25, 0.3) is 5.91 Å². The Kier molecular flexibility index (Phi) is 5.22. The predicted octanol–water partition coefficient (Wildman–Crippen LogP) is 3.66. The quantitative estimate of drug-likeness (QED) is 0.736. The zero-order valence-corrected chi connectivity index (χ0v) is 15.1. The van der Waals surface area contributed by atoms with Crippen molar-refractivity contribution in [1.82, 2.24) is 15.0 Å². The van der Waals surface area contributed by atoms with E-state index in [0.29, 0.717) is 18.2 Å². The highest BCUT2D eigenvalue weighted by molar-refractivity contribution is 6.03. The van der Waals surface area contributed by atoms with Gasteiger partial charge in [-0.05, 0) is 56.2 Å². The van der Waals surface area contributed by atoms with E-state index in [1.54, 1.807) is 12.3 Å². The van der Waals surface area contributed by atoms with E-state index in [0.717, 1.165) is 28.2 Å². The number of nitrogens with one attached hydrogen (secondary N) is 2. The summed E-state index contributed by atoms with van der Waals surface area (Å²) in [6.45, 7) is 6.32. The van der Waals surface area contributed by atoms with Gasteiger partial charge in [-0.25, -0.2) is 9.97 Å². The Bertz CT molecular complexity index is 925. The molecule has 0 saturated heterocycles. The van der Waals surface area contributed by atoms with Crippen molar-refractivity contribution in [1.29, 1.82) is 0 Å². The number of pyridine rings is 1. The summed E-state index contributed by atoms with van der Waals surface area (Å²) in [5.41, 5.74) is 4.87. The van der Waals surface area contributed by atoms with Crippen LogP contribution in [0.15, 0.2) is 48.7 Å². The van der Waals surface area contributed by atoms with Gasteiger partial charge in [0.15, 0.2) is 0 Å². The molecule has 26 heavy (non-hydrogen) atoms. The van der Waals surface area contributed by atoms with Gasteiger partial charge in [0.05, 0.1) is 12.2 Å². The summed E-state index contributed by atoms with van der Waals surface area (Å²) in [5, 5.41) is 6.04. The summed E-state index contributed by atoms with van der Waals surface area (Å²) in [6, 6.07) is 13.2. The minimum Gasteiger partial charge on any atom is -0.349 e. The molecule has 0 unspecified atom stereocenters. The van der Waals surface area contributed by atoms with Crippen LogP contribution in [0.25, 0.3) is 0 Å². The van der Waals surface area contributed by atoms with Crippen molar-refractivity contribution in [3.05, 3.63) is 76.9 Å². The molecule has 0 aliphatic rings. The zero-order valence-electron chi connectivity index (χ0n) is 15.1. The van der Waals surface area contributed by atoms with Crippen molar-refractivity contribution in [3.8, 4) is 0 Å². The lowest BCUT2D eigenvalue weighted by Crippen LogP contribution is -2.17. The molecule has 6 nitrogen and oxygen atoms in total. The van der Waals surface area contributed by atoms with E-state index in [1.807, 2.05) is 57.2 Å². The molecule has 0 saturated carbocycles. The lowest BCUT2D eigenvalue weighted by Gasteiger charge is -2.11. The van der Waals surface area contributed by atoms with Gasteiger partial charge in [-0.3, -0.25) is 9.78 Å². The first-order chi connectivity index (χ1) is 12.5. The Morgan fingerprint density at radius 3 is 2.65 bits per heavy atom. The molecule has 0 aliphatic heterocycles. The average molecular weight is 347 g/mol. The zero-order chi connectivity index (χ0) is 18.5. The van der Waals surface area contributed by atoms with Gasteiger partial charge < -0.3 is 10.6 Å². The summed E-state index contributed by atoms with van der Waals surface area (Å²) < 4.78 is 0. The number of hydrogen-bond acceptors (Lipinski definition) is 5. The number of hydrogen-bond donors (Lipinski definition) is 2. The highest BCUT2D eigenvalue weighted by Crippen LogP contribution is 2.19. The van der Waals surface area contributed by atoms with Crippen LogP contribution in [0, 0.1) is 20.8 Å². The standard InChI is InChI=1S/C20H21N5O/c1-13-7-6-9-17(15(13)3)24-19(26)18-11-14(2)23-20(25-18)22-12-16-8-4-5-10-21-16/h4-11H,12H2,1-3H3,(H,24,26)(H,22,23,25). The van der Waals surface area contributed by atoms with E-state index in [9.17, 15) is 4.79 Å². The molecule has 2 heterocycles. The molecular weight excluding hydrogens is 326 g/mol. The summed E-state index contributed by atoms with van der Waals surface area (Å²) >= 11 is 0. The molecule has 0 fully saturated rings. The Morgan fingerprint density at radius 1 is 1.04 bits per heavy atom. The Balaban J connectivity index is 1.76. The van der Waals surface area contributed by atoms with Gasteiger partial charge in [-0.15, -0.1) is 0 Å². The fourth-order valence-electron chi connectivity index (χ4n) is 2.51. The van der Waals surface area contributed by atoms with E-state index in [-0.39, 0.29) is 5.91 Å². The van der Waals surface area contributed by atoms with Gasteiger partial charge in [0.1, 0.15) is 5.69 Å². The molecule has 2 aromatic heterocycles. The first-order valence-corrected chi connectivity index (χ1v) is 8.40. The third-order valence-corrected chi connectivity index (χ3v) is 4.09. The lowest BCUT2D eigenvalue weighted by atomic mass is 10.1. The maximum Gasteiger partial charge on any atom is 0.274 e. The smallest absolute Gasteiger partial charge is 0.274 e. The highest BCUT2D eigenvalue weighted by Gasteiger charge is 2.12. The summed E-state index contributed by atoms with van der Waals surface area (Å²) in [6.07, 6.45) is 1.73. The number of carbonyl (C=O) groups is 1. The molecule has 1 amide bonds. The van der Waals surface area contributed by atoms with Crippen LogP contribution in [-0.4, -0.2) is 20.9 Å². The largest absolute Gasteiger partial charge is 0.349 e. The maximum absolute atomic E-state index is 12.6. The maximum atomic E-state index is 12.6. The van der Waals surface area contributed by atoms with Crippen molar-refractivity contribution in [2.24, 2.45) is 0 Å². The SMILES string of the molecule is Cc1cc(C(=O)Nc2cccc(C)c2C)nc(NCc2ccccn2)n1. The van der Waals surface area contributed by atoms with Crippen LogP contribution in [0.4, 0.5) is 11.6 Å². The van der Waals surface area contributed by atoms with Crippen molar-refractivity contribution >= 4 is 17.5 Å². The summed E-state index contributed by atoms with van der Waals surface area (Å²) in [5.74, 6) is 0.145. The number of anilines is 2. The van der Waals surface area contributed by atoms with Crippen LogP contribution in [0.3, 0.4) is 0 Å². The molecule has 1 aromatic carbocycles. The molecule has 0 bridgehead atoms. The molecule has 0 spiro atoms. The van der Waals surface area contributed by atoms with E-state index in [2.05, 4.69) is 25.6 Å². The van der Waals surface area contributed by atoms with Crippen molar-refractivity contribution in [2.45, 2.75) is 27.3 Å². The molecular formula is C20H21N5O. The normalized spacial score (nSPS) is 10.4. The summed E-state index contributed by atoms with van der Waals surface area (Å²) in [7, 11) is 0. The predicted molar refractivity (Wildman–Crippen MR) is 102 cm³/mol. The Morgan fingerprint density at radius 2 is 1.88 bits per heavy atom. The molecule has 2 N–H and O–H groups in total. The van der Waals surface area contributed by atoms with Crippen LogP contribution in [0.2, 0.25) is 0 Å². The Labute approximate surface area is 152 Å². The molecule has 6 heteroatoms. The van der Waals surface area contributed by atoms with Gasteiger partial charge >= 0.3 is 0 Å². The number of rotatable bonds is 5. The number of benzene rings is 1. The van der Waals surface area contributed by atoms with Gasteiger partial charge in [0, 0.05) is 17.6 Å². The number of nitrogens with zero attached hydrogens (tertiary/aromatic N) is 3. The monoisotopic (exact) mass is 347 g/mol. The number of aryl methyl sites for hydroxylation is 2. The van der Waals surface area contributed by atoms with Crippen molar-refractivity contribution in [3.63, 3.8) is 0 Å². The highest BCUT2D eigenvalue weighted by atomic mass is 16.1. The first-order valence-electron chi connectivity index (χ1n) is 8.40. The molecule has 3 rings (SSSR count). The van der Waals surface area contributed by atoms with Crippen LogP contribution >= 0.6 is 0 Å². The van der Waals surface area contributed by atoms with E-state index < -0.39 is 0 Å². The molecule has 3 aromatic rings. The van der Waals surface area contributed by atoms with Gasteiger partial charge in [-0.2, -0.15) is 0 Å². The van der Waals surface area contributed by atoms with Crippen molar-refractivity contribution in [2.75, 3.05) is 10.6 Å². The number of carbonyl (C=O) groups excluding carboxylic acids is 1. The second-order valence-electron chi connectivity index (χ2n) is 6.09. The molecule has 0 radical (unpaired) electrons. The van der Waals surface area contributed by atoms with E-state index >= 15 is 0 Å². The lowest BCUT2D eigenvalue weighted by molar-refractivity contribution is 0.102. The number of aromatic nitrogens is 3. The van der Waals surface area contributed by atoms with Crippen LogP contribution in [-0.2, 0) is 6.54 Å². The van der Waals surface area contributed by atoms with Crippen molar-refractivity contribution < 1.29 is 4.79 Å². The molecule has 0 aliphatic carbocycles. The van der Waals surface area contributed by atoms with Crippen LogP contribution < -0.4 is 10.6 Å². The second kappa shape index (κ2) is 7.74. The van der Waals surface area contributed by atoms with Gasteiger partial charge in [-0.1, -0.05) is 18.2 Å². The molecule has 132 valence electrons. The average Bonchev–Trinajstić information content (AvgIpc) is 2.64. The fraction of sp³-hybridized carbons (Fsp3) is 0.200. The van der Waals surface area contributed by atoms with Crippen LogP contribution in [0.1, 0.15) is 33.0 Å². The minimum atomic E-state index is -0.259. The fourth-order valence-corrected chi connectivity index (χ4v) is 2.51.